The molecule has 1 atom stereocenters. The highest BCUT2D eigenvalue weighted by Gasteiger charge is 2.47. The van der Waals surface area contributed by atoms with E-state index >= 15 is 0 Å². The number of carbonyl (C=O) groups excluding carboxylic acids is 1. The molecule has 0 amide bonds. The molecule has 4 heterocycles. The number of carbonyl (C=O) groups is 1. The lowest BCUT2D eigenvalue weighted by molar-refractivity contribution is -0.138. The smallest absolute Gasteiger partial charge is 0.330 e. The highest BCUT2D eigenvalue weighted by atomic mass is 16.6. The maximum absolute atomic E-state index is 11.6. The van der Waals surface area contributed by atoms with Crippen LogP contribution < -0.4 is 9.47 Å². The topological polar surface area (TPSA) is 87.3 Å². The molecule has 6 aromatic carbocycles. The summed E-state index contributed by atoms with van der Waals surface area (Å²) < 4.78 is 19.1. The minimum atomic E-state index is -1.31. The van der Waals surface area contributed by atoms with Gasteiger partial charge in [-0.15, -0.1) is 0 Å². The van der Waals surface area contributed by atoms with Gasteiger partial charge in [0.2, 0.25) is 0 Å². The largest absolute Gasteiger partial charge is 0.497 e. The molecule has 1 aromatic heterocycles. The summed E-state index contributed by atoms with van der Waals surface area (Å²) in [7, 11) is 1.68. The summed E-state index contributed by atoms with van der Waals surface area (Å²) in [6.45, 7) is 3.79. The lowest BCUT2D eigenvalue weighted by Gasteiger charge is -2.33. The van der Waals surface area contributed by atoms with Crippen molar-refractivity contribution >= 4 is 17.4 Å². The highest BCUT2D eigenvalue weighted by Crippen LogP contribution is 2.49. The Morgan fingerprint density at radius 2 is 1.26 bits per heavy atom. The average Bonchev–Trinajstić information content (AvgIpc) is 3.93. The predicted octanol–water partition coefficient (Wildman–Crippen LogP) is 10.6. The predicted molar refractivity (Wildman–Crippen MR) is 245 cm³/mol. The fourth-order valence-electron chi connectivity index (χ4n) is 9.05. The number of methoxy groups -OCH3 is 1. The van der Waals surface area contributed by atoms with Crippen LogP contribution >= 0.6 is 0 Å². The first-order chi connectivity index (χ1) is 30.5. The summed E-state index contributed by atoms with van der Waals surface area (Å²) in [4.78, 5) is 29.4. The van der Waals surface area contributed by atoms with E-state index in [1.807, 2.05) is 36.4 Å². The molecule has 0 fully saturated rings. The molecule has 0 aliphatic carbocycles. The molecule has 306 valence electrons. The summed E-state index contributed by atoms with van der Waals surface area (Å²) in [5.74, 6) is 0.440. The van der Waals surface area contributed by atoms with Crippen molar-refractivity contribution in [3.05, 3.63) is 197 Å². The van der Waals surface area contributed by atoms with Gasteiger partial charge < -0.3 is 14.2 Å². The van der Waals surface area contributed by atoms with E-state index < -0.39 is 11.8 Å². The molecule has 0 saturated carbocycles. The summed E-state index contributed by atoms with van der Waals surface area (Å²) in [5, 5.41) is 0. The van der Waals surface area contributed by atoms with E-state index in [1.54, 1.807) is 7.11 Å². The third kappa shape index (κ3) is 7.21. The Hall–Kier alpha value is -7.32. The number of benzene rings is 6. The van der Waals surface area contributed by atoms with Crippen molar-refractivity contribution in [2.24, 2.45) is 9.98 Å². The molecule has 7 aromatic rings. The SMILES string of the molecule is C=CC(=O)OCCOc1ccc(C2=NC3(N=C2c2ccc(OC)cc2)c2cc4ccc2CCCc2ccc(cc2-c2nc(-c5ccccc5)c(-c5ccccc5)n23)CCC4)cc1. The number of hydrogen-bond acceptors (Lipinski definition) is 7. The third-order valence-corrected chi connectivity index (χ3v) is 12.1. The van der Waals surface area contributed by atoms with Crippen LogP contribution in [0.3, 0.4) is 0 Å². The number of imidazole rings is 1. The first kappa shape index (κ1) is 38.9. The van der Waals surface area contributed by atoms with Gasteiger partial charge in [0.05, 0.1) is 29.9 Å². The van der Waals surface area contributed by atoms with Gasteiger partial charge in [-0.3, -0.25) is 4.57 Å². The second-order valence-electron chi connectivity index (χ2n) is 15.9. The van der Waals surface area contributed by atoms with Crippen LogP contribution in [0.2, 0.25) is 0 Å². The Labute approximate surface area is 361 Å². The molecule has 1 spiro atoms. The van der Waals surface area contributed by atoms with Gasteiger partial charge >= 0.3 is 5.97 Å². The normalized spacial score (nSPS) is 16.3. The fourth-order valence-corrected chi connectivity index (χ4v) is 9.05. The van der Waals surface area contributed by atoms with Crippen LogP contribution in [0.15, 0.2) is 168 Å². The number of esters is 1. The van der Waals surface area contributed by atoms with E-state index in [-0.39, 0.29) is 13.2 Å². The van der Waals surface area contributed by atoms with Crippen LogP contribution in [-0.2, 0) is 41.0 Å². The number of aryl methyl sites for hydroxylation is 4. The number of aromatic nitrogens is 2. The Bertz CT molecular complexity index is 2860. The highest BCUT2D eigenvalue weighted by molar-refractivity contribution is 6.54. The molecular formula is C54H46N4O4. The van der Waals surface area contributed by atoms with Crippen LogP contribution in [0.1, 0.15) is 51.8 Å². The zero-order valence-electron chi connectivity index (χ0n) is 34.7. The first-order valence-electron chi connectivity index (χ1n) is 21.4. The number of fused-ring (bicyclic) bond motifs is 2. The lowest BCUT2D eigenvalue weighted by Crippen LogP contribution is -2.33. The van der Waals surface area contributed by atoms with Gasteiger partial charge in [-0.25, -0.2) is 19.8 Å². The first-order valence-corrected chi connectivity index (χ1v) is 21.4. The van der Waals surface area contributed by atoms with Gasteiger partial charge in [0.1, 0.15) is 30.5 Å². The van der Waals surface area contributed by atoms with E-state index in [0.717, 1.165) is 112 Å². The van der Waals surface area contributed by atoms with Crippen LogP contribution in [-0.4, -0.2) is 47.3 Å². The van der Waals surface area contributed by atoms with Crippen molar-refractivity contribution in [2.75, 3.05) is 20.3 Å². The van der Waals surface area contributed by atoms with Crippen molar-refractivity contribution in [1.82, 2.24) is 9.55 Å². The van der Waals surface area contributed by atoms with Crippen molar-refractivity contribution in [2.45, 2.75) is 44.3 Å². The minimum absolute atomic E-state index is 0.115. The number of aliphatic imine (C=N–C) groups is 2. The Morgan fingerprint density at radius 3 is 1.92 bits per heavy atom. The van der Waals surface area contributed by atoms with E-state index in [9.17, 15) is 4.79 Å². The minimum Gasteiger partial charge on any atom is -0.497 e. The Morgan fingerprint density at radius 1 is 0.661 bits per heavy atom. The molecular weight excluding hydrogens is 769 g/mol. The maximum atomic E-state index is 11.6. The van der Waals surface area contributed by atoms with Gasteiger partial charge in [0.25, 0.3) is 5.79 Å². The lowest BCUT2D eigenvalue weighted by atomic mass is 9.88. The van der Waals surface area contributed by atoms with Crippen LogP contribution in [0.4, 0.5) is 0 Å². The molecule has 4 bridgehead atoms. The number of ether oxygens (including phenoxy) is 3. The molecule has 8 heteroatoms. The standard InChI is InChI=1S/C54H46N4O4/c1-3-48(59)62-33-32-61-45-30-26-42(27-31-45)50-49(41-24-28-44(60-2)29-25-41)56-54(57-50)47-35-37-13-10-12-36-20-22-38(18-11-19-39(47)23-21-37)46(34-36)53-55-51(40-14-6-4-7-15-40)52(58(53)54)43-16-8-5-9-17-43/h3-9,14-17,20-31,34-35H,1,10-13,18-19,32-33H2,2H3. The van der Waals surface area contributed by atoms with Crippen molar-refractivity contribution in [3.8, 4) is 45.4 Å². The van der Waals surface area contributed by atoms with E-state index in [4.69, 9.17) is 29.2 Å². The number of rotatable bonds is 10. The van der Waals surface area contributed by atoms with Gasteiger partial charge in [-0.2, -0.15) is 0 Å². The summed E-state index contributed by atoms with van der Waals surface area (Å²) in [6.07, 6.45) is 6.80. The molecule has 0 radical (unpaired) electrons. The molecule has 62 heavy (non-hydrogen) atoms. The zero-order chi connectivity index (χ0) is 42.0. The average molecular weight is 815 g/mol. The van der Waals surface area contributed by atoms with Gasteiger partial charge in [0.15, 0.2) is 0 Å². The molecule has 1 unspecified atom stereocenters. The van der Waals surface area contributed by atoms with E-state index in [1.165, 1.54) is 22.3 Å². The molecule has 10 rings (SSSR count). The van der Waals surface area contributed by atoms with Crippen molar-refractivity contribution < 1.29 is 19.0 Å². The molecule has 0 N–H and O–H groups in total. The second kappa shape index (κ2) is 16.6. The maximum Gasteiger partial charge on any atom is 0.330 e. The van der Waals surface area contributed by atoms with Gasteiger partial charge in [-0.1, -0.05) is 91.5 Å². The Balaban J connectivity index is 1.30. The van der Waals surface area contributed by atoms with Crippen LogP contribution in [0.25, 0.3) is 33.9 Å². The van der Waals surface area contributed by atoms with Crippen molar-refractivity contribution in [3.63, 3.8) is 0 Å². The molecule has 8 nitrogen and oxygen atoms in total. The van der Waals surface area contributed by atoms with Crippen LogP contribution in [0.5, 0.6) is 11.5 Å². The second-order valence-corrected chi connectivity index (χ2v) is 15.9. The number of nitrogens with zero attached hydrogens (tertiary/aromatic N) is 4. The van der Waals surface area contributed by atoms with Crippen molar-refractivity contribution in [1.29, 1.82) is 0 Å². The zero-order valence-corrected chi connectivity index (χ0v) is 34.7. The van der Waals surface area contributed by atoms with E-state index in [2.05, 4.69) is 120 Å². The summed E-state index contributed by atoms with van der Waals surface area (Å²) >= 11 is 0. The van der Waals surface area contributed by atoms with Gasteiger partial charge in [-0.05, 0) is 121 Å². The molecule has 0 saturated heterocycles. The summed E-state index contributed by atoms with van der Waals surface area (Å²) in [6, 6.07) is 51.1. The quantitative estimate of drug-likeness (QED) is 0.0780. The summed E-state index contributed by atoms with van der Waals surface area (Å²) in [5.41, 5.74) is 14.4. The Kier molecular flexibility index (Phi) is 10.4. The molecule has 3 aliphatic rings. The number of hydrogen-bond donors (Lipinski definition) is 0. The third-order valence-electron chi connectivity index (χ3n) is 12.1. The van der Waals surface area contributed by atoms with Gasteiger partial charge in [0, 0.05) is 39.5 Å². The fraction of sp³-hybridized carbons (Fsp3) is 0.185. The van der Waals surface area contributed by atoms with Crippen LogP contribution in [0, 0.1) is 0 Å². The monoisotopic (exact) mass is 814 g/mol. The molecule has 3 aliphatic heterocycles. The van der Waals surface area contributed by atoms with E-state index in [0.29, 0.717) is 5.75 Å².